The van der Waals surface area contributed by atoms with Crippen LogP contribution in [0.1, 0.15) is 25.0 Å². The molecule has 56 heavy (non-hydrogen) atoms. The van der Waals surface area contributed by atoms with E-state index in [4.69, 9.17) is 4.42 Å². The minimum atomic E-state index is -0.193. The van der Waals surface area contributed by atoms with E-state index < -0.39 is 0 Å². The molecule has 0 unspecified atom stereocenters. The van der Waals surface area contributed by atoms with Gasteiger partial charge in [0.2, 0.25) is 0 Å². The number of hydrogen-bond acceptors (Lipinski definition) is 1. The fourth-order valence-electron chi connectivity index (χ4n) is 10.0. The number of benzene rings is 10. The molecule has 0 aliphatic heterocycles. The molecule has 11 aromatic rings. The summed E-state index contributed by atoms with van der Waals surface area (Å²) in [5.74, 6) is 0. The molecule has 0 spiro atoms. The Morgan fingerprint density at radius 2 is 0.839 bits per heavy atom. The molecule has 1 nitrogen and oxygen atoms in total. The maximum Gasteiger partial charge on any atom is 0.143 e. The van der Waals surface area contributed by atoms with Crippen LogP contribution in [0.5, 0.6) is 0 Å². The van der Waals surface area contributed by atoms with Crippen LogP contribution in [0, 0.1) is 0 Å². The van der Waals surface area contributed by atoms with Crippen LogP contribution in [-0.2, 0) is 5.41 Å². The summed E-state index contributed by atoms with van der Waals surface area (Å²) in [7, 11) is 0. The smallest absolute Gasteiger partial charge is 0.143 e. The van der Waals surface area contributed by atoms with Crippen LogP contribution in [0.4, 0.5) is 0 Å². The average Bonchev–Trinajstić information content (AvgIpc) is 3.74. The van der Waals surface area contributed by atoms with Crippen molar-refractivity contribution < 1.29 is 4.42 Å². The van der Waals surface area contributed by atoms with Gasteiger partial charge < -0.3 is 4.42 Å². The van der Waals surface area contributed by atoms with Crippen molar-refractivity contribution in [3.63, 3.8) is 0 Å². The second-order valence-corrected chi connectivity index (χ2v) is 16.0. The van der Waals surface area contributed by atoms with E-state index in [9.17, 15) is 0 Å². The zero-order valence-electron chi connectivity index (χ0n) is 31.2. The quantitative estimate of drug-likeness (QED) is 0.166. The van der Waals surface area contributed by atoms with E-state index in [0.29, 0.717) is 0 Å². The van der Waals surface area contributed by atoms with E-state index >= 15 is 0 Å². The minimum absolute atomic E-state index is 0.193. The first-order valence-electron chi connectivity index (χ1n) is 19.6. The lowest BCUT2D eigenvalue weighted by Crippen LogP contribution is -2.15. The van der Waals surface area contributed by atoms with Crippen molar-refractivity contribution in [2.24, 2.45) is 0 Å². The highest BCUT2D eigenvalue weighted by molar-refractivity contribution is 6.24. The molecule has 0 N–H and O–H groups in total. The van der Waals surface area contributed by atoms with Gasteiger partial charge in [-0.2, -0.15) is 0 Å². The molecule has 1 heteroatoms. The van der Waals surface area contributed by atoms with E-state index in [-0.39, 0.29) is 5.41 Å². The molecule has 1 aliphatic rings. The van der Waals surface area contributed by atoms with Crippen molar-refractivity contribution in [2.45, 2.75) is 19.3 Å². The monoisotopic (exact) mass is 712 g/mol. The summed E-state index contributed by atoms with van der Waals surface area (Å²) in [4.78, 5) is 0. The Balaban J connectivity index is 1.02. The van der Waals surface area contributed by atoms with Crippen molar-refractivity contribution in [3.05, 3.63) is 193 Å². The van der Waals surface area contributed by atoms with E-state index in [2.05, 4.69) is 190 Å². The van der Waals surface area contributed by atoms with Crippen molar-refractivity contribution in [1.82, 2.24) is 0 Å². The van der Waals surface area contributed by atoms with E-state index in [1.54, 1.807) is 0 Å². The number of fused-ring (bicyclic) bond motifs is 11. The van der Waals surface area contributed by atoms with Gasteiger partial charge in [0, 0.05) is 21.6 Å². The Morgan fingerprint density at radius 3 is 1.57 bits per heavy atom. The van der Waals surface area contributed by atoms with Crippen molar-refractivity contribution in [2.75, 3.05) is 0 Å². The van der Waals surface area contributed by atoms with Gasteiger partial charge in [-0.25, -0.2) is 0 Å². The van der Waals surface area contributed by atoms with Crippen LogP contribution in [0.3, 0.4) is 0 Å². The van der Waals surface area contributed by atoms with Crippen molar-refractivity contribution >= 4 is 65.0 Å². The molecule has 0 saturated heterocycles. The van der Waals surface area contributed by atoms with Gasteiger partial charge in [-0.3, -0.25) is 0 Å². The summed E-state index contributed by atoms with van der Waals surface area (Å²) in [6.45, 7) is 4.79. The van der Waals surface area contributed by atoms with Gasteiger partial charge in [-0.05, 0) is 118 Å². The molecular formula is C55H36O. The molecule has 1 heterocycles. The molecule has 0 bridgehead atoms. The van der Waals surface area contributed by atoms with Gasteiger partial charge in [-0.15, -0.1) is 0 Å². The average molecular weight is 713 g/mol. The maximum atomic E-state index is 6.45. The van der Waals surface area contributed by atoms with E-state index in [0.717, 1.165) is 27.3 Å². The normalized spacial score (nSPS) is 13.3. The Hall–Kier alpha value is -6.96. The maximum absolute atomic E-state index is 6.45. The van der Waals surface area contributed by atoms with Crippen LogP contribution < -0.4 is 0 Å². The van der Waals surface area contributed by atoms with Crippen molar-refractivity contribution in [3.8, 4) is 44.5 Å². The lowest BCUT2D eigenvalue weighted by Gasteiger charge is -2.23. The van der Waals surface area contributed by atoms with Gasteiger partial charge >= 0.3 is 0 Å². The molecule has 1 aliphatic carbocycles. The summed E-state index contributed by atoms with van der Waals surface area (Å²) in [5, 5.41) is 12.3. The highest BCUT2D eigenvalue weighted by Crippen LogP contribution is 2.53. The minimum Gasteiger partial charge on any atom is -0.455 e. The molecule has 12 rings (SSSR count). The third-order valence-electron chi connectivity index (χ3n) is 12.7. The molecule has 262 valence electrons. The van der Waals surface area contributed by atoms with Gasteiger partial charge in [0.15, 0.2) is 0 Å². The molecule has 0 saturated carbocycles. The summed E-state index contributed by atoms with van der Waals surface area (Å²) in [6, 6.07) is 67.2. The second-order valence-electron chi connectivity index (χ2n) is 16.0. The fourth-order valence-corrected chi connectivity index (χ4v) is 10.0. The molecule has 0 atom stereocenters. The highest BCUT2D eigenvalue weighted by atomic mass is 16.3. The third kappa shape index (κ3) is 4.31. The zero-order valence-corrected chi connectivity index (χ0v) is 31.2. The lowest BCUT2D eigenvalue weighted by atomic mass is 9.79. The van der Waals surface area contributed by atoms with Crippen LogP contribution in [0.2, 0.25) is 0 Å². The third-order valence-corrected chi connectivity index (χ3v) is 12.7. The van der Waals surface area contributed by atoms with Crippen LogP contribution in [0.25, 0.3) is 110 Å². The standard InChI is InChI=1S/C55H36O/c1-55(2)49-31-34(37-21-12-23-47-38(37)29-30-48-41-16-9-10-24-51(41)56-54(47)48)25-27-39(49)40-28-26-35(32-50(40)55)52-43-17-5-7-19-45(43)53(46-20-8-6-18-44(46)52)42-22-11-14-33-13-3-4-15-36(33)42/h3-32H,1-2H3. The zero-order chi connectivity index (χ0) is 37.1. The Bertz CT molecular complexity index is 3390. The highest BCUT2D eigenvalue weighted by Gasteiger charge is 2.36. The molecule has 1 aromatic heterocycles. The van der Waals surface area contributed by atoms with Gasteiger partial charge in [0.25, 0.3) is 0 Å². The summed E-state index contributed by atoms with van der Waals surface area (Å²) in [6.07, 6.45) is 0. The number of rotatable bonds is 3. The topological polar surface area (TPSA) is 13.1 Å². The summed E-state index contributed by atoms with van der Waals surface area (Å²) in [5.41, 5.74) is 14.6. The summed E-state index contributed by atoms with van der Waals surface area (Å²) < 4.78 is 6.45. The molecule has 0 amide bonds. The van der Waals surface area contributed by atoms with Gasteiger partial charge in [0.1, 0.15) is 11.2 Å². The molecule has 0 radical (unpaired) electrons. The predicted octanol–water partition coefficient (Wildman–Crippen LogP) is 15.5. The van der Waals surface area contributed by atoms with E-state index in [1.165, 1.54) is 93.3 Å². The van der Waals surface area contributed by atoms with Crippen LogP contribution in [0.15, 0.2) is 186 Å². The van der Waals surface area contributed by atoms with Gasteiger partial charge in [-0.1, -0.05) is 172 Å². The SMILES string of the molecule is CC1(C)c2cc(-c3c4ccccc4c(-c4cccc5ccccc45)c4ccccc34)ccc2-c2ccc(-c3cccc4c3ccc3c5ccccc5oc43)cc21. The van der Waals surface area contributed by atoms with Crippen molar-refractivity contribution in [1.29, 1.82) is 0 Å². The second kappa shape index (κ2) is 11.5. The summed E-state index contributed by atoms with van der Waals surface area (Å²) >= 11 is 0. The molecule has 0 fully saturated rings. The number of hydrogen-bond donors (Lipinski definition) is 0. The lowest BCUT2D eigenvalue weighted by molar-refractivity contribution is 0.661. The Labute approximate surface area is 325 Å². The first kappa shape index (κ1) is 31.4. The fraction of sp³-hybridized carbons (Fsp3) is 0.0545. The van der Waals surface area contributed by atoms with Crippen LogP contribution >= 0.6 is 0 Å². The molecule has 10 aromatic carbocycles. The van der Waals surface area contributed by atoms with Gasteiger partial charge in [0.05, 0.1) is 0 Å². The van der Waals surface area contributed by atoms with E-state index in [1.807, 2.05) is 6.07 Å². The molecular weight excluding hydrogens is 677 g/mol. The first-order chi connectivity index (χ1) is 27.5. The largest absolute Gasteiger partial charge is 0.455 e. The Morgan fingerprint density at radius 1 is 0.339 bits per heavy atom. The first-order valence-corrected chi connectivity index (χ1v) is 19.6. The Kier molecular flexibility index (Phi) is 6.46. The van der Waals surface area contributed by atoms with Crippen LogP contribution in [-0.4, -0.2) is 0 Å². The number of para-hydroxylation sites is 1. The predicted molar refractivity (Wildman–Crippen MR) is 238 cm³/mol. The number of furan rings is 1.